The lowest BCUT2D eigenvalue weighted by Crippen LogP contribution is -2.12. The fraction of sp³-hybridized carbons (Fsp3) is 0.364. The first-order valence-corrected chi connectivity index (χ1v) is 6.51. The van der Waals surface area contributed by atoms with Crippen molar-refractivity contribution in [2.45, 2.75) is 18.1 Å². The van der Waals surface area contributed by atoms with Crippen LogP contribution in [0, 0.1) is 0 Å². The third-order valence-electron chi connectivity index (χ3n) is 2.30. The molecular formula is C11H15N5S. The molecule has 0 aliphatic rings. The fourth-order valence-electron chi connectivity index (χ4n) is 1.47. The third kappa shape index (κ3) is 3.54. The molecule has 0 atom stereocenters. The number of rotatable bonds is 6. The number of tetrazole rings is 1. The van der Waals surface area contributed by atoms with Gasteiger partial charge in [0.1, 0.15) is 0 Å². The minimum absolute atomic E-state index is 0.553. The van der Waals surface area contributed by atoms with Crippen LogP contribution in [0.1, 0.15) is 5.56 Å². The molecule has 0 saturated carbocycles. The van der Waals surface area contributed by atoms with E-state index in [2.05, 4.69) is 39.8 Å². The lowest BCUT2D eigenvalue weighted by Gasteiger charge is -2.02. The molecule has 2 rings (SSSR count). The van der Waals surface area contributed by atoms with Crippen LogP contribution in [0.2, 0.25) is 0 Å². The minimum atomic E-state index is 0.553. The topological polar surface area (TPSA) is 69.6 Å². The molecule has 0 aliphatic carbocycles. The van der Waals surface area contributed by atoms with Crippen LogP contribution in [0.5, 0.6) is 0 Å². The maximum atomic E-state index is 5.48. The number of nitrogens with two attached hydrogens (primary N) is 1. The molecule has 0 radical (unpaired) electrons. The molecule has 1 aromatic heterocycles. The molecule has 0 fully saturated rings. The van der Waals surface area contributed by atoms with Crippen molar-refractivity contribution in [2.75, 3.05) is 12.3 Å². The summed E-state index contributed by atoms with van der Waals surface area (Å²) in [4.78, 5) is 0. The zero-order valence-electron chi connectivity index (χ0n) is 9.49. The van der Waals surface area contributed by atoms with Gasteiger partial charge in [0.25, 0.3) is 0 Å². The first-order chi connectivity index (χ1) is 8.40. The zero-order chi connectivity index (χ0) is 11.9. The smallest absolute Gasteiger partial charge is 0.209 e. The van der Waals surface area contributed by atoms with Gasteiger partial charge >= 0.3 is 0 Å². The summed E-state index contributed by atoms with van der Waals surface area (Å²) < 4.78 is 1.75. The molecule has 0 saturated heterocycles. The SMILES string of the molecule is NCCn1nnnc1SCCc1ccccc1. The van der Waals surface area contributed by atoms with Gasteiger partial charge in [-0.3, -0.25) is 0 Å². The Labute approximate surface area is 104 Å². The number of hydrogen-bond donors (Lipinski definition) is 1. The third-order valence-corrected chi connectivity index (χ3v) is 3.26. The van der Waals surface area contributed by atoms with E-state index in [4.69, 9.17) is 5.73 Å². The van der Waals surface area contributed by atoms with Crippen LogP contribution in [0.15, 0.2) is 35.5 Å². The summed E-state index contributed by atoms with van der Waals surface area (Å²) in [6.07, 6.45) is 1.01. The van der Waals surface area contributed by atoms with Crippen LogP contribution >= 0.6 is 11.8 Å². The van der Waals surface area contributed by atoms with Gasteiger partial charge in [-0.2, -0.15) is 0 Å². The van der Waals surface area contributed by atoms with E-state index in [9.17, 15) is 0 Å². The van der Waals surface area contributed by atoms with Crippen molar-refractivity contribution in [3.63, 3.8) is 0 Å². The van der Waals surface area contributed by atoms with Crippen LogP contribution in [-0.4, -0.2) is 32.5 Å². The first-order valence-electron chi connectivity index (χ1n) is 5.53. The average molecular weight is 249 g/mol. The van der Waals surface area contributed by atoms with E-state index < -0.39 is 0 Å². The van der Waals surface area contributed by atoms with E-state index in [1.807, 2.05) is 6.07 Å². The fourth-order valence-corrected chi connectivity index (χ4v) is 2.36. The molecule has 1 heterocycles. The second-order valence-electron chi connectivity index (χ2n) is 3.56. The maximum absolute atomic E-state index is 5.48. The monoisotopic (exact) mass is 249 g/mol. The number of aryl methyl sites for hydroxylation is 1. The lowest BCUT2D eigenvalue weighted by atomic mass is 10.2. The van der Waals surface area contributed by atoms with Crippen molar-refractivity contribution in [2.24, 2.45) is 5.73 Å². The second-order valence-corrected chi connectivity index (χ2v) is 4.62. The Bertz CT molecular complexity index is 442. The normalized spacial score (nSPS) is 10.6. The van der Waals surface area contributed by atoms with Crippen molar-refractivity contribution in [1.29, 1.82) is 0 Å². The molecule has 0 bridgehead atoms. The van der Waals surface area contributed by atoms with E-state index in [1.165, 1.54) is 5.56 Å². The highest BCUT2D eigenvalue weighted by Crippen LogP contribution is 2.15. The van der Waals surface area contributed by atoms with Gasteiger partial charge in [0.15, 0.2) is 0 Å². The van der Waals surface area contributed by atoms with Gasteiger partial charge < -0.3 is 5.73 Å². The molecule has 0 aliphatic heterocycles. The van der Waals surface area contributed by atoms with Gasteiger partial charge in [0.2, 0.25) is 5.16 Å². The van der Waals surface area contributed by atoms with Crippen LogP contribution in [0.4, 0.5) is 0 Å². The molecule has 17 heavy (non-hydrogen) atoms. The van der Waals surface area contributed by atoms with Gasteiger partial charge in [-0.25, -0.2) is 4.68 Å². The summed E-state index contributed by atoms with van der Waals surface area (Å²) in [7, 11) is 0. The summed E-state index contributed by atoms with van der Waals surface area (Å²) in [6, 6.07) is 10.4. The molecule has 0 amide bonds. The molecule has 90 valence electrons. The van der Waals surface area contributed by atoms with Gasteiger partial charge in [-0.15, -0.1) is 5.10 Å². The van der Waals surface area contributed by atoms with Crippen molar-refractivity contribution >= 4 is 11.8 Å². The highest BCUT2D eigenvalue weighted by Gasteiger charge is 2.05. The molecule has 6 heteroatoms. The quantitative estimate of drug-likeness (QED) is 0.772. The molecule has 1 aromatic carbocycles. The van der Waals surface area contributed by atoms with Gasteiger partial charge in [-0.1, -0.05) is 42.1 Å². The van der Waals surface area contributed by atoms with Gasteiger partial charge in [0, 0.05) is 12.3 Å². The lowest BCUT2D eigenvalue weighted by molar-refractivity contribution is 0.557. The maximum Gasteiger partial charge on any atom is 0.209 e. The van der Waals surface area contributed by atoms with E-state index in [0.29, 0.717) is 13.1 Å². The summed E-state index contributed by atoms with van der Waals surface area (Å²) in [5, 5.41) is 12.4. The molecule has 0 spiro atoms. The number of hydrogen-bond acceptors (Lipinski definition) is 5. The molecular weight excluding hydrogens is 234 g/mol. The average Bonchev–Trinajstić information content (AvgIpc) is 2.79. The molecule has 5 nitrogen and oxygen atoms in total. The van der Waals surface area contributed by atoms with E-state index >= 15 is 0 Å². The van der Waals surface area contributed by atoms with Gasteiger partial charge in [0.05, 0.1) is 6.54 Å². The van der Waals surface area contributed by atoms with Crippen LogP contribution < -0.4 is 5.73 Å². The van der Waals surface area contributed by atoms with E-state index in [0.717, 1.165) is 17.3 Å². The summed E-state index contributed by atoms with van der Waals surface area (Å²) in [5.41, 5.74) is 6.81. The van der Waals surface area contributed by atoms with Crippen molar-refractivity contribution in [1.82, 2.24) is 20.2 Å². The largest absolute Gasteiger partial charge is 0.329 e. The highest BCUT2D eigenvalue weighted by atomic mass is 32.2. The number of thioether (sulfide) groups is 1. The summed E-state index contributed by atoms with van der Waals surface area (Å²) >= 11 is 1.66. The Morgan fingerprint density at radius 2 is 2.06 bits per heavy atom. The number of nitrogens with zero attached hydrogens (tertiary/aromatic N) is 4. The van der Waals surface area contributed by atoms with Crippen LogP contribution in [0.25, 0.3) is 0 Å². The first kappa shape index (κ1) is 12.1. The van der Waals surface area contributed by atoms with E-state index in [1.54, 1.807) is 16.4 Å². The molecule has 2 aromatic rings. The molecule has 2 N–H and O–H groups in total. The molecule has 0 unspecified atom stereocenters. The minimum Gasteiger partial charge on any atom is -0.329 e. The van der Waals surface area contributed by atoms with Crippen molar-refractivity contribution in [3.05, 3.63) is 35.9 Å². The predicted octanol–water partition coefficient (Wildman–Crippen LogP) is 0.967. The Hall–Kier alpha value is -1.40. The Morgan fingerprint density at radius 1 is 1.24 bits per heavy atom. The number of aromatic nitrogens is 4. The summed E-state index contributed by atoms with van der Waals surface area (Å²) in [5.74, 6) is 0.967. The summed E-state index contributed by atoms with van der Waals surface area (Å²) in [6.45, 7) is 1.22. The highest BCUT2D eigenvalue weighted by molar-refractivity contribution is 7.99. The van der Waals surface area contributed by atoms with E-state index in [-0.39, 0.29) is 0 Å². The standard InChI is InChI=1S/C11H15N5S/c12-7-8-16-11(13-14-15-16)17-9-6-10-4-2-1-3-5-10/h1-5H,6-9,12H2. The Balaban J connectivity index is 1.84. The zero-order valence-corrected chi connectivity index (χ0v) is 10.3. The van der Waals surface area contributed by atoms with Crippen molar-refractivity contribution in [3.8, 4) is 0 Å². The van der Waals surface area contributed by atoms with Crippen LogP contribution in [0.3, 0.4) is 0 Å². The van der Waals surface area contributed by atoms with Crippen molar-refractivity contribution < 1.29 is 0 Å². The number of benzene rings is 1. The Kier molecular flexibility index (Phi) is 4.52. The Morgan fingerprint density at radius 3 is 2.82 bits per heavy atom. The second kappa shape index (κ2) is 6.36. The van der Waals surface area contributed by atoms with Gasteiger partial charge in [-0.05, 0) is 22.4 Å². The van der Waals surface area contributed by atoms with Crippen LogP contribution in [-0.2, 0) is 13.0 Å². The predicted molar refractivity (Wildman–Crippen MR) is 67.7 cm³/mol.